The van der Waals surface area contributed by atoms with Crippen molar-refractivity contribution in [2.24, 2.45) is 0 Å². The van der Waals surface area contributed by atoms with Gasteiger partial charge in [0.05, 0.1) is 0 Å². The monoisotopic (exact) mass is 714 g/mol. The van der Waals surface area contributed by atoms with Crippen LogP contribution in [0.2, 0.25) is 0 Å². The number of para-hydroxylation sites is 2. The van der Waals surface area contributed by atoms with Gasteiger partial charge in [0, 0.05) is 22.7 Å². The van der Waals surface area contributed by atoms with Crippen LogP contribution in [0.3, 0.4) is 0 Å². The highest BCUT2D eigenvalue weighted by molar-refractivity contribution is 6.21. The van der Waals surface area contributed by atoms with E-state index in [2.05, 4.69) is 217 Å². The van der Waals surface area contributed by atoms with E-state index in [1.807, 2.05) is 12.1 Å². The lowest BCUT2D eigenvalue weighted by Crippen LogP contribution is -2.01. The molecule has 56 heavy (non-hydrogen) atoms. The first-order chi connectivity index (χ1) is 27.8. The van der Waals surface area contributed by atoms with Crippen molar-refractivity contribution in [1.82, 2.24) is 0 Å². The zero-order valence-electron chi connectivity index (χ0n) is 30.8. The van der Waals surface area contributed by atoms with Gasteiger partial charge in [-0.3, -0.25) is 0 Å². The zero-order chi connectivity index (χ0) is 37.3. The predicted octanol–water partition coefficient (Wildman–Crippen LogP) is 14.8. The molecule has 0 aliphatic heterocycles. The average molecular weight is 715 g/mol. The minimum atomic E-state index is 1.04. The van der Waals surface area contributed by atoms with Gasteiger partial charge >= 0.3 is 0 Å². The Labute approximate surface area is 327 Å². The smallest absolute Gasteiger partial charge is 0.0384 e. The van der Waals surface area contributed by atoms with E-state index < -0.39 is 0 Å². The fourth-order valence-corrected chi connectivity index (χ4v) is 8.21. The van der Waals surface area contributed by atoms with E-state index in [1.54, 1.807) is 0 Å². The molecule has 0 atom stereocenters. The molecule has 10 aromatic rings. The summed E-state index contributed by atoms with van der Waals surface area (Å²) in [6.45, 7) is 0. The Kier molecular flexibility index (Phi) is 8.55. The quantitative estimate of drug-likeness (QED) is 0.121. The second kappa shape index (κ2) is 14.4. The summed E-state index contributed by atoms with van der Waals surface area (Å²) in [6.07, 6.45) is 0. The van der Waals surface area contributed by atoms with Gasteiger partial charge in [-0.15, -0.1) is 0 Å². The third-order valence-electron chi connectivity index (χ3n) is 10.8. The van der Waals surface area contributed by atoms with Gasteiger partial charge in [-0.1, -0.05) is 158 Å². The van der Waals surface area contributed by atoms with Crippen molar-refractivity contribution in [3.05, 3.63) is 241 Å². The molecular weight excluding hydrogens is 677 g/mol. The van der Waals surface area contributed by atoms with Crippen LogP contribution < -0.4 is 10.6 Å². The third-order valence-corrected chi connectivity index (χ3v) is 10.8. The lowest BCUT2D eigenvalue weighted by atomic mass is 9.81. The SMILES string of the molecule is c1ccc(Nc2ccc(C(=C(c3ccc(Nc4ccccc4)cc3)c3cc4ccccc4c4ccccc34)c3cc4ccccc4c4ccccc34)cc2)cc1. The van der Waals surface area contributed by atoms with Crippen LogP contribution in [0.25, 0.3) is 54.2 Å². The highest BCUT2D eigenvalue weighted by Crippen LogP contribution is 2.45. The molecule has 0 spiro atoms. The van der Waals surface area contributed by atoms with Gasteiger partial charge in [-0.25, -0.2) is 0 Å². The molecule has 10 aromatic carbocycles. The number of hydrogen-bond acceptors (Lipinski definition) is 2. The van der Waals surface area contributed by atoms with E-state index in [9.17, 15) is 0 Å². The van der Waals surface area contributed by atoms with Crippen LogP contribution >= 0.6 is 0 Å². The Morgan fingerprint density at radius 2 is 0.554 bits per heavy atom. The number of fused-ring (bicyclic) bond motifs is 6. The van der Waals surface area contributed by atoms with E-state index in [-0.39, 0.29) is 0 Å². The Bertz CT molecular complexity index is 2830. The summed E-state index contributed by atoms with van der Waals surface area (Å²) in [5.74, 6) is 0. The van der Waals surface area contributed by atoms with E-state index in [0.717, 1.165) is 33.9 Å². The molecular formula is C54H38N2. The van der Waals surface area contributed by atoms with Crippen LogP contribution in [0.5, 0.6) is 0 Å². The molecule has 0 aromatic heterocycles. The van der Waals surface area contributed by atoms with Gasteiger partial charge in [-0.05, 0) is 137 Å². The van der Waals surface area contributed by atoms with E-state index in [0.29, 0.717) is 0 Å². The molecule has 0 bridgehead atoms. The van der Waals surface area contributed by atoms with Gasteiger partial charge in [0.15, 0.2) is 0 Å². The summed E-state index contributed by atoms with van der Waals surface area (Å²) >= 11 is 0. The zero-order valence-corrected chi connectivity index (χ0v) is 30.8. The molecule has 0 amide bonds. The first kappa shape index (κ1) is 33.2. The highest BCUT2D eigenvalue weighted by Gasteiger charge is 2.22. The fraction of sp³-hybridized carbons (Fsp3) is 0. The van der Waals surface area contributed by atoms with Crippen LogP contribution in [0.1, 0.15) is 22.3 Å². The van der Waals surface area contributed by atoms with Gasteiger partial charge in [0.2, 0.25) is 0 Å². The van der Waals surface area contributed by atoms with Crippen molar-refractivity contribution in [3.63, 3.8) is 0 Å². The molecule has 10 rings (SSSR count). The van der Waals surface area contributed by atoms with Gasteiger partial charge < -0.3 is 10.6 Å². The molecule has 0 fully saturated rings. The highest BCUT2D eigenvalue weighted by atomic mass is 14.9. The molecule has 264 valence electrons. The molecule has 0 aliphatic carbocycles. The average Bonchev–Trinajstić information content (AvgIpc) is 3.27. The number of benzene rings is 10. The number of anilines is 4. The topological polar surface area (TPSA) is 24.1 Å². The molecule has 2 nitrogen and oxygen atoms in total. The maximum absolute atomic E-state index is 3.60. The summed E-state index contributed by atoms with van der Waals surface area (Å²) in [4.78, 5) is 0. The van der Waals surface area contributed by atoms with Crippen molar-refractivity contribution in [3.8, 4) is 0 Å². The maximum atomic E-state index is 3.60. The molecule has 0 aliphatic rings. The number of hydrogen-bond donors (Lipinski definition) is 2. The van der Waals surface area contributed by atoms with Gasteiger partial charge in [-0.2, -0.15) is 0 Å². The van der Waals surface area contributed by atoms with Gasteiger partial charge in [0.25, 0.3) is 0 Å². The lowest BCUT2D eigenvalue weighted by molar-refractivity contribution is 1.50. The second-order valence-corrected chi connectivity index (χ2v) is 14.3. The van der Waals surface area contributed by atoms with Crippen molar-refractivity contribution in [2.45, 2.75) is 0 Å². The minimum absolute atomic E-state index is 1.04. The van der Waals surface area contributed by atoms with E-state index in [4.69, 9.17) is 0 Å². The third kappa shape index (κ3) is 6.24. The first-order valence-corrected chi connectivity index (χ1v) is 19.2. The normalized spacial score (nSPS) is 11.9. The summed E-state index contributed by atoms with van der Waals surface area (Å²) in [7, 11) is 0. The summed E-state index contributed by atoms with van der Waals surface area (Å²) in [5.41, 5.74) is 11.2. The van der Waals surface area contributed by atoms with Crippen LogP contribution in [0.15, 0.2) is 218 Å². The Morgan fingerprint density at radius 3 is 0.946 bits per heavy atom. The predicted molar refractivity (Wildman–Crippen MR) is 240 cm³/mol. The molecule has 2 heteroatoms. The summed E-state index contributed by atoms with van der Waals surface area (Å²) < 4.78 is 0. The molecule has 0 unspecified atom stereocenters. The fourth-order valence-electron chi connectivity index (χ4n) is 8.21. The molecule has 0 radical (unpaired) electrons. The van der Waals surface area contributed by atoms with Crippen LogP contribution in [0, 0.1) is 0 Å². The maximum Gasteiger partial charge on any atom is 0.0384 e. The lowest BCUT2D eigenvalue weighted by Gasteiger charge is -2.23. The van der Waals surface area contributed by atoms with Crippen LogP contribution in [-0.4, -0.2) is 0 Å². The van der Waals surface area contributed by atoms with Crippen molar-refractivity contribution in [1.29, 1.82) is 0 Å². The minimum Gasteiger partial charge on any atom is -0.356 e. The first-order valence-electron chi connectivity index (χ1n) is 19.2. The Morgan fingerprint density at radius 1 is 0.250 bits per heavy atom. The largest absolute Gasteiger partial charge is 0.356 e. The van der Waals surface area contributed by atoms with Crippen molar-refractivity contribution >= 4 is 77.0 Å². The standard InChI is InChI=1S/C54H38N2/c1-3-17-41(18-4-1)55-43-31-27-37(28-32-43)53(51-35-39-15-7-9-21-45(39)47-23-11-13-25-49(47)51)54(38-29-33-44(34-30-38)56-42-19-5-2-6-20-42)52-36-40-16-8-10-22-46(40)48-24-12-14-26-50(48)52/h1-36,55-56H. The summed E-state index contributed by atoms with van der Waals surface area (Å²) in [5, 5.41) is 17.1. The molecule has 2 N–H and O–H groups in total. The van der Waals surface area contributed by atoms with Gasteiger partial charge in [0.1, 0.15) is 0 Å². The van der Waals surface area contributed by atoms with Crippen LogP contribution in [-0.2, 0) is 0 Å². The second-order valence-electron chi connectivity index (χ2n) is 14.3. The molecule has 0 heterocycles. The number of rotatable bonds is 8. The van der Waals surface area contributed by atoms with E-state index >= 15 is 0 Å². The number of nitrogens with one attached hydrogen (secondary N) is 2. The van der Waals surface area contributed by atoms with Crippen molar-refractivity contribution in [2.75, 3.05) is 10.6 Å². The summed E-state index contributed by atoms with van der Waals surface area (Å²) in [6, 6.07) is 78.7. The molecule has 0 saturated carbocycles. The van der Waals surface area contributed by atoms with E-state index in [1.165, 1.54) is 65.4 Å². The Balaban J connectivity index is 1.30. The Hall–Kier alpha value is -7.42. The van der Waals surface area contributed by atoms with Crippen LogP contribution in [0.4, 0.5) is 22.7 Å². The van der Waals surface area contributed by atoms with Crippen molar-refractivity contribution < 1.29 is 0 Å². The molecule has 0 saturated heterocycles.